The molecular formula is C5H4ClN5O2. The average Bonchev–Trinajstić information content (AvgIpc) is 2.09. The second kappa shape index (κ2) is 3.79. The Kier molecular flexibility index (Phi) is 2.73. The van der Waals surface area contributed by atoms with E-state index in [-0.39, 0.29) is 17.3 Å². The van der Waals surface area contributed by atoms with Gasteiger partial charge in [0.05, 0.1) is 6.54 Å². The van der Waals surface area contributed by atoms with Crippen LogP contribution in [-0.4, -0.2) is 9.97 Å². The molecule has 0 aliphatic carbocycles. The molecule has 0 aliphatic rings. The first-order chi connectivity index (χ1) is 6.15. The van der Waals surface area contributed by atoms with Crippen molar-refractivity contribution in [2.45, 2.75) is 6.54 Å². The van der Waals surface area contributed by atoms with E-state index in [0.717, 1.165) is 0 Å². The van der Waals surface area contributed by atoms with Crippen LogP contribution in [0, 0.1) is 0 Å². The summed E-state index contributed by atoms with van der Waals surface area (Å²) in [7, 11) is 0. The molecule has 1 aromatic rings. The lowest BCUT2D eigenvalue weighted by atomic mass is 10.4. The third-order valence-corrected chi connectivity index (χ3v) is 1.65. The predicted octanol–water partition coefficient (Wildman–Crippen LogP) is 0.527. The molecule has 0 aromatic carbocycles. The van der Waals surface area contributed by atoms with Crippen molar-refractivity contribution in [3.8, 4) is 0 Å². The molecule has 8 heteroatoms. The largest absolute Gasteiger partial charge is 0.325 e. The maximum absolute atomic E-state index is 10.9. The van der Waals surface area contributed by atoms with Crippen molar-refractivity contribution in [3.63, 3.8) is 0 Å². The van der Waals surface area contributed by atoms with Crippen molar-refractivity contribution in [3.05, 3.63) is 42.0 Å². The van der Waals surface area contributed by atoms with Gasteiger partial charge in [-0.2, -0.15) is 0 Å². The Labute approximate surface area is 76.0 Å². The second-order valence-electron chi connectivity index (χ2n) is 2.09. The van der Waals surface area contributed by atoms with Crippen LogP contribution in [0.25, 0.3) is 10.4 Å². The van der Waals surface area contributed by atoms with E-state index in [2.05, 4.69) is 15.0 Å². The van der Waals surface area contributed by atoms with Crippen LogP contribution in [0.15, 0.2) is 14.7 Å². The second-order valence-corrected chi connectivity index (χ2v) is 2.47. The topological polar surface area (TPSA) is 114 Å². The van der Waals surface area contributed by atoms with Gasteiger partial charge in [0.25, 0.3) is 5.56 Å². The molecule has 0 bridgehead atoms. The first-order valence-corrected chi connectivity index (χ1v) is 3.54. The summed E-state index contributed by atoms with van der Waals surface area (Å²) in [4.78, 5) is 28.2. The minimum Gasteiger partial charge on any atom is -0.310 e. The molecule has 13 heavy (non-hydrogen) atoms. The van der Waals surface area contributed by atoms with Gasteiger partial charge in [-0.1, -0.05) is 16.7 Å². The average molecular weight is 202 g/mol. The van der Waals surface area contributed by atoms with Crippen molar-refractivity contribution in [1.82, 2.24) is 9.97 Å². The van der Waals surface area contributed by atoms with Crippen LogP contribution in [0.5, 0.6) is 0 Å². The van der Waals surface area contributed by atoms with E-state index >= 15 is 0 Å². The number of halogens is 1. The lowest BCUT2D eigenvalue weighted by Crippen LogP contribution is -2.24. The number of aromatic nitrogens is 2. The highest BCUT2D eigenvalue weighted by atomic mass is 35.5. The van der Waals surface area contributed by atoms with Crippen LogP contribution in [0.4, 0.5) is 0 Å². The SMILES string of the molecule is [N-]=[N+]=NCc1[nH]c(=O)[nH]c(=O)c1Cl. The monoisotopic (exact) mass is 201 g/mol. The third kappa shape index (κ3) is 2.11. The highest BCUT2D eigenvalue weighted by molar-refractivity contribution is 6.30. The molecule has 0 saturated heterocycles. The fourth-order valence-electron chi connectivity index (χ4n) is 0.729. The summed E-state index contributed by atoms with van der Waals surface area (Å²) in [5.74, 6) is 0. The molecule has 1 aromatic heterocycles. The number of H-pyrrole nitrogens is 2. The van der Waals surface area contributed by atoms with E-state index in [9.17, 15) is 9.59 Å². The van der Waals surface area contributed by atoms with Crippen LogP contribution in [0.2, 0.25) is 5.02 Å². The molecule has 68 valence electrons. The van der Waals surface area contributed by atoms with Gasteiger partial charge in [-0.25, -0.2) is 4.79 Å². The Hall–Kier alpha value is -1.72. The zero-order valence-corrected chi connectivity index (χ0v) is 7.00. The molecule has 0 spiro atoms. The van der Waals surface area contributed by atoms with Gasteiger partial charge in [0.15, 0.2) is 0 Å². The van der Waals surface area contributed by atoms with Crippen molar-refractivity contribution < 1.29 is 0 Å². The number of aromatic amines is 2. The quantitative estimate of drug-likeness (QED) is 0.413. The fourth-order valence-corrected chi connectivity index (χ4v) is 0.884. The van der Waals surface area contributed by atoms with Gasteiger partial charge >= 0.3 is 5.69 Å². The fraction of sp³-hybridized carbons (Fsp3) is 0.200. The summed E-state index contributed by atoms with van der Waals surface area (Å²) in [6.07, 6.45) is 0. The van der Waals surface area contributed by atoms with Crippen LogP contribution in [0.3, 0.4) is 0 Å². The van der Waals surface area contributed by atoms with Gasteiger partial charge in [0.2, 0.25) is 0 Å². The number of nitrogens with zero attached hydrogens (tertiary/aromatic N) is 3. The van der Waals surface area contributed by atoms with E-state index in [1.807, 2.05) is 4.98 Å². The molecule has 0 atom stereocenters. The maximum Gasteiger partial charge on any atom is 0.325 e. The first-order valence-electron chi connectivity index (χ1n) is 3.17. The van der Waals surface area contributed by atoms with Crippen molar-refractivity contribution >= 4 is 11.6 Å². The molecule has 0 radical (unpaired) electrons. The Balaban J connectivity index is 3.28. The zero-order chi connectivity index (χ0) is 9.84. The summed E-state index contributed by atoms with van der Waals surface area (Å²) < 4.78 is 0. The standard InChI is InChI=1S/C5H4ClN5O2/c6-3-2(1-8-11-7)9-5(13)10-4(3)12/h1H2,(H2,9,10,12,13). The summed E-state index contributed by atoms with van der Waals surface area (Å²) in [6, 6.07) is 0. The van der Waals surface area contributed by atoms with E-state index < -0.39 is 11.2 Å². The molecule has 0 saturated carbocycles. The molecule has 7 nitrogen and oxygen atoms in total. The molecule has 0 amide bonds. The molecular weight excluding hydrogens is 198 g/mol. The Morgan fingerprint density at radius 2 is 2.15 bits per heavy atom. The van der Waals surface area contributed by atoms with E-state index in [0.29, 0.717) is 0 Å². The van der Waals surface area contributed by atoms with Crippen molar-refractivity contribution in [1.29, 1.82) is 0 Å². The minimum atomic E-state index is -0.700. The Morgan fingerprint density at radius 3 is 2.77 bits per heavy atom. The van der Waals surface area contributed by atoms with Gasteiger partial charge < -0.3 is 4.98 Å². The molecule has 1 rings (SSSR count). The molecule has 0 fully saturated rings. The molecule has 0 unspecified atom stereocenters. The lowest BCUT2D eigenvalue weighted by molar-refractivity contribution is 0.908. The van der Waals surface area contributed by atoms with Gasteiger partial charge in [0, 0.05) is 10.6 Å². The van der Waals surface area contributed by atoms with Gasteiger partial charge in [-0.3, -0.25) is 9.78 Å². The summed E-state index contributed by atoms with van der Waals surface area (Å²) in [5, 5.41) is 2.98. The van der Waals surface area contributed by atoms with E-state index in [4.69, 9.17) is 17.1 Å². The van der Waals surface area contributed by atoms with E-state index in [1.54, 1.807) is 0 Å². The first kappa shape index (κ1) is 9.37. The molecule has 2 N–H and O–H groups in total. The van der Waals surface area contributed by atoms with Gasteiger partial charge in [0.1, 0.15) is 5.02 Å². The number of hydrogen-bond acceptors (Lipinski definition) is 3. The Morgan fingerprint density at radius 1 is 1.46 bits per heavy atom. The number of nitrogens with one attached hydrogen (secondary N) is 2. The van der Waals surface area contributed by atoms with Crippen LogP contribution >= 0.6 is 11.6 Å². The van der Waals surface area contributed by atoms with Crippen LogP contribution in [0.1, 0.15) is 5.69 Å². The summed E-state index contributed by atoms with van der Waals surface area (Å²) in [6.45, 7) is -0.158. The summed E-state index contributed by atoms with van der Waals surface area (Å²) >= 11 is 5.50. The van der Waals surface area contributed by atoms with Gasteiger partial charge in [-0.15, -0.1) is 0 Å². The smallest absolute Gasteiger partial charge is 0.310 e. The maximum atomic E-state index is 10.9. The Bertz CT molecular complexity index is 469. The zero-order valence-electron chi connectivity index (χ0n) is 6.24. The molecule has 0 aliphatic heterocycles. The van der Waals surface area contributed by atoms with Crippen LogP contribution in [-0.2, 0) is 6.54 Å². The highest BCUT2D eigenvalue weighted by Gasteiger charge is 2.04. The lowest BCUT2D eigenvalue weighted by Gasteiger charge is -1.96. The van der Waals surface area contributed by atoms with Crippen molar-refractivity contribution in [2.24, 2.45) is 5.11 Å². The van der Waals surface area contributed by atoms with E-state index in [1.165, 1.54) is 0 Å². The predicted molar refractivity (Wildman–Crippen MR) is 45.5 cm³/mol. The third-order valence-electron chi connectivity index (χ3n) is 1.25. The normalized spacial score (nSPS) is 9.31. The van der Waals surface area contributed by atoms with Gasteiger partial charge in [-0.05, 0) is 5.53 Å². The number of azide groups is 1. The molecule has 1 heterocycles. The number of hydrogen-bond donors (Lipinski definition) is 2. The summed E-state index contributed by atoms with van der Waals surface area (Å²) in [5.41, 5.74) is 6.72. The minimum absolute atomic E-state index is 0.105. The van der Waals surface area contributed by atoms with Crippen LogP contribution < -0.4 is 11.2 Å². The highest BCUT2D eigenvalue weighted by Crippen LogP contribution is 2.05. The number of rotatable bonds is 2. The van der Waals surface area contributed by atoms with Crippen molar-refractivity contribution in [2.75, 3.05) is 0 Å².